The SMILES string of the molecule is C[NH+](Cc1cccc(Cl)c1)Cn1sc2ccccc2c1=O. The van der Waals surface area contributed by atoms with Crippen molar-refractivity contribution in [2.45, 2.75) is 13.2 Å². The number of nitrogens with zero attached hydrogens (tertiary/aromatic N) is 1. The number of fused-ring (bicyclic) bond motifs is 1. The second-order valence-corrected chi connectivity index (χ2v) is 6.69. The van der Waals surface area contributed by atoms with Crippen LogP contribution in [0.25, 0.3) is 10.1 Å². The van der Waals surface area contributed by atoms with E-state index in [0.29, 0.717) is 6.67 Å². The lowest BCUT2D eigenvalue weighted by molar-refractivity contribution is -0.916. The first-order valence-corrected chi connectivity index (χ1v) is 7.93. The van der Waals surface area contributed by atoms with Crippen LogP contribution in [0.4, 0.5) is 0 Å². The van der Waals surface area contributed by atoms with E-state index in [1.54, 1.807) is 0 Å². The summed E-state index contributed by atoms with van der Waals surface area (Å²) in [5.41, 5.74) is 1.27. The Kier molecular flexibility index (Phi) is 4.10. The largest absolute Gasteiger partial charge is 0.315 e. The van der Waals surface area contributed by atoms with Gasteiger partial charge in [-0.15, -0.1) is 0 Å². The third-order valence-corrected chi connectivity index (χ3v) is 4.66. The van der Waals surface area contributed by atoms with Crippen molar-refractivity contribution in [2.75, 3.05) is 7.05 Å². The Morgan fingerprint density at radius 2 is 2.00 bits per heavy atom. The molecule has 108 valence electrons. The molecule has 0 aliphatic carbocycles. The summed E-state index contributed by atoms with van der Waals surface area (Å²) in [6, 6.07) is 15.6. The molecule has 0 aliphatic rings. The molecule has 1 atom stereocenters. The first-order chi connectivity index (χ1) is 10.1. The van der Waals surface area contributed by atoms with E-state index in [4.69, 9.17) is 11.6 Å². The van der Waals surface area contributed by atoms with Gasteiger partial charge in [-0.25, -0.2) is 3.96 Å². The third-order valence-electron chi connectivity index (χ3n) is 3.36. The van der Waals surface area contributed by atoms with E-state index in [1.807, 2.05) is 46.4 Å². The van der Waals surface area contributed by atoms with Crippen molar-refractivity contribution in [3.05, 3.63) is 69.5 Å². The smallest absolute Gasteiger partial charge is 0.273 e. The Balaban J connectivity index is 1.78. The van der Waals surface area contributed by atoms with Gasteiger partial charge in [0.2, 0.25) is 0 Å². The van der Waals surface area contributed by atoms with Gasteiger partial charge in [0, 0.05) is 10.6 Å². The quantitative estimate of drug-likeness (QED) is 0.785. The Morgan fingerprint density at radius 1 is 1.19 bits per heavy atom. The molecule has 3 aromatic rings. The highest BCUT2D eigenvalue weighted by Crippen LogP contribution is 2.15. The van der Waals surface area contributed by atoms with Gasteiger partial charge in [0.1, 0.15) is 6.54 Å². The van der Waals surface area contributed by atoms with E-state index in [2.05, 4.69) is 13.1 Å². The average Bonchev–Trinajstić information content (AvgIpc) is 2.76. The van der Waals surface area contributed by atoms with Gasteiger partial charge in [-0.3, -0.25) is 4.79 Å². The van der Waals surface area contributed by atoms with E-state index in [0.717, 1.165) is 21.7 Å². The van der Waals surface area contributed by atoms with Gasteiger partial charge >= 0.3 is 0 Å². The lowest BCUT2D eigenvalue weighted by Crippen LogP contribution is -3.07. The lowest BCUT2D eigenvalue weighted by Gasteiger charge is -2.13. The maximum atomic E-state index is 12.3. The predicted octanol–water partition coefficient (Wildman–Crippen LogP) is 2.39. The third kappa shape index (κ3) is 3.18. The van der Waals surface area contributed by atoms with Gasteiger partial charge < -0.3 is 4.90 Å². The second kappa shape index (κ2) is 6.02. The predicted molar refractivity (Wildman–Crippen MR) is 88.1 cm³/mol. The first kappa shape index (κ1) is 14.3. The molecule has 0 aliphatic heterocycles. The summed E-state index contributed by atoms with van der Waals surface area (Å²) in [5.74, 6) is 0. The van der Waals surface area contributed by atoms with Crippen LogP contribution in [0.3, 0.4) is 0 Å². The van der Waals surface area contributed by atoms with E-state index < -0.39 is 0 Å². The minimum absolute atomic E-state index is 0.0982. The molecule has 21 heavy (non-hydrogen) atoms. The van der Waals surface area contributed by atoms with Gasteiger partial charge in [0.05, 0.1) is 17.1 Å². The van der Waals surface area contributed by atoms with Crippen LogP contribution in [-0.4, -0.2) is 11.0 Å². The normalized spacial score (nSPS) is 12.7. The Labute approximate surface area is 132 Å². The Morgan fingerprint density at radius 3 is 2.76 bits per heavy atom. The summed E-state index contributed by atoms with van der Waals surface area (Å²) in [4.78, 5) is 13.6. The number of quaternary nitrogens is 1. The minimum Gasteiger partial charge on any atom is -0.315 e. The van der Waals surface area contributed by atoms with Crippen molar-refractivity contribution in [2.24, 2.45) is 0 Å². The van der Waals surface area contributed by atoms with Crippen molar-refractivity contribution >= 4 is 33.2 Å². The monoisotopic (exact) mass is 319 g/mol. The molecule has 0 amide bonds. The van der Waals surface area contributed by atoms with E-state index in [-0.39, 0.29) is 5.56 Å². The molecule has 0 fully saturated rings. The van der Waals surface area contributed by atoms with Crippen molar-refractivity contribution < 1.29 is 4.90 Å². The minimum atomic E-state index is 0.0982. The van der Waals surface area contributed by atoms with E-state index in [1.165, 1.54) is 22.0 Å². The molecule has 1 aromatic heterocycles. The molecular weight excluding hydrogens is 304 g/mol. The Bertz CT molecular complexity index is 824. The molecule has 0 bridgehead atoms. The van der Waals surface area contributed by atoms with E-state index >= 15 is 0 Å². The van der Waals surface area contributed by atoms with Crippen LogP contribution in [0.15, 0.2) is 53.3 Å². The molecule has 0 radical (unpaired) electrons. The standard InChI is InChI=1S/C16H15ClN2OS/c1-18(10-12-5-4-6-13(17)9-12)11-19-16(20)14-7-2-3-8-15(14)21-19/h2-9H,10-11H2,1H3/p+1. The topological polar surface area (TPSA) is 26.4 Å². The van der Waals surface area contributed by atoms with Gasteiger partial charge in [0.15, 0.2) is 6.67 Å². The summed E-state index contributed by atoms with van der Waals surface area (Å²) in [6.07, 6.45) is 0. The molecule has 1 unspecified atom stereocenters. The van der Waals surface area contributed by atoms with Gasteiger partial charge in [-0.2, -0.15) is 0 Å². The number of halogens is 1. The van der Waals surface area contributed by atoms with Gasteiger partial charge in [-0.1, -0.05) is 47.4 Å². The fourth-order valence-electron chi connectivity index (χ4n) is 2.42. The zero-order valence-corrected chi connectivity index (χ0v) is 13.2. The molecule has 0 spiro atoms. The highest BCUT2D eigenvalue weighted by molar-refractivity contribution is 7.13. The summed E-state index contributed by atoms with van der Waals surface area (Å²) >= 11 is 7.53. The molecule has 0 saturated carbocycles. The molecule has 1 N–H and O–H groups in total. The van der Waals surface area contributed by atoms with Crippen LogP contribution in [0.1, 0.15) is 5.56 Å². The fraction of sp³-hybridized carbons (Fsp3) is 0.188. The van der Waals surface area contributed by atoms with Gasteiger partial charge in [-0.05, 0) is 24.3 Å². The zero-order chi connectivity index (χ0) is 14.8. The summed E-state index contributed by atoms with van der Waals surface area (Å²) in [6.45, 7) is 1.49. The highest BCUT2D eigenvalue weighted by Gasteiger charge is 2.11. The van der Waals surface area contributed by atoms with Crippen LogP contribution in [0.2, 0.25) is 5.02 Å². The molecule has 0 saturated heterocycles. The lowest BCUT2D eigenvalue weighted by atomic mass is 10.2. The van der Waals surface area contributed by atoms with Crippen LogP contribution in [0, 0.1) is 0 Å². The molecule has 1 heterocycles. The maximum Gasteiger partial charge on any atom is 0.273 e. The Hall–Kier alpha value is -1.62. The summed E-state index contributed by atoms with van der Waals surface area (Å²) < 4.78 is 2.86. The molecule has 3 nitrogen and oxygen atoms in total. The summed E-state index contributed by atoms with van der Waals surface area (Å²) in [5, 5.41) is 1.55. The first-order valence-electron chi connectivity index (χ1n) is 6.78. The van der Waals surface area contributed by atoms with Crippen molar-refractivity contribution in [3.63, 3.8) is 0 Å². The number of nitrogens with one attached hydrogen (secondary N) is 1. The number of hydrogen-bond acceptors (Lipinski definition) is 2. The molecule has 5 heteroatoms. The maximum absolute atomic E-state index is 12.3. The highest BCUT2D eigenvalue weighted by atomic mass is 35.5. The van der Waals surface area contributed by atoms with Crippen molar-refractivity contribution in [1.29, 1.82) is 0 Å². The number of benzene rings is 2. The van der Waals surface area contributed by atoms with E-state index in [9.17, 15) is 4.79 Å². The molecule has 2 aromatic carbocycles. The van der Waals surface area contributed by atoms with Crippen LogP contribution in [-0.2, 0) is 13.2 Å². The van der Waals surface area contributed by atoms with Crippen LogP contribution >= 0.6 is 23.1 Å². The molecular formula is C16H16ClN2OS+. The van der Waals surface area contributed by atoms with Gasteiger partial charge in [0.25, 0.3) is 5.56 Å². The number of rotatable bonds is 4. The van der Waals surface area contributed by atoms with Crippen molar-refractivity contribution in [3.8, 4) is 0 Å². The van der Waals surface area contributed by atoms with Crippen molar-refractivity contribution in [1.82, 2.24) is 3.96 Å². The molecule has 3 rings (SSSR count). The fourth-order valence-corrected chi connectivity index (χ4v) is 3.73. The van der Waals surface area contributed by atoms with Crippen LogP contribution < -0.4 is 10.5 Å². The number of hydrogen-bond donors (Lipinski definition) is 1. The average molecular weight is 320 g/mol. The summed E-state index contributed by atoms with van der Waals surface area (Å²) in [7, 11) is 2.08. The second-order valence-electron chi connectivity index (χ2n) is 5.19. The number of aromatic nitrogens is 1. The zero-order valence-electron chi connectivity index (χ0n) is 11.7. The van der Waals surface area contributed by atoms with Crippen LogP contribution in [0.5, 0.6) is 0 Å².